The van der Waals surface area contributed by atoms with E-state index in [2.05, 4.69) is 20.7 Å². The number of hydrogen-bond donors (Lipinski definition) is 2. The Bertz CT molecular complexity index is 835. The summed E-state index contributed by atoms with van der Waals surface area (Å²) in [6, 6.07) is 6.08. The maximum Gasteiger partial charge on any atom is 0.416 e. The molecule has 0 aliphatic carbocycles. The number of nitrogens with one attached hydrogen (secondary N) is 2. The lowest BCUT2D eigenvalue weighted by Crippen LogP contribution is -2.47. The fourth-order valence-corrected chi connectivity index (χ4v) is 2.72. The standard InChI is InChI=1S/C19H26F3N5.HI/c1-12-9-13(2)27(26-12)15-8-7-14(16(10-15)19(20,21)22)11-24-17(23-6)25-18(3,4)5;/h7-10H,11H2,1-6H3,(H2,23,24,25);1H. The predicted molar refractivity (Wildman–Crippen MR) is 117 cm³/mol. The van der Waals surface area contributed by atoms with E-state index in [1.165, 1.54) is 10.7 Å². The summed E-state index contributed by atoms with van der Waals surface area (Å²) < 4.78 is 42.4. The van der Waals surface area contributed by atoms with E-state index in [9.17, 15) is 13.2 Å². The topological polar surface area (TPSA) is 54.2 Å². The summed E-state index contributed by atoms with van der Waals surface area (Å²) in [6.07, 6.45) is -4.47. The van der Waals surface area contributed by atoms with E-state index in [0.29, 0.717) is 11.6 Å². The van der Waals surface area contributed by atoms with Crippen LogP contribution < -0.4 is 10.6 Å². The van der Waals surface area contributed by atoms with Crippen LogP contribution in [0, 0.1) is 13.8 Å². The van der Waals surface area contributed by atoms with E-state index < -0.39 is 11.7 Å². The van der Waals surface area contributed by atoms with Gasteiger partial charge in [0.2, 0.25) is 0 Å². The second-order valence-electron chi connectivity index (χ2n) is 7.48. The van der Waals surface area contributed by atoms with E-state index in [0.717, 1.165) is 17.5 Å². The SMILES string of the molecule is CN=C(NCc1ccc(-n2nc(C)cc2C)cc1C(F)(F)F)NC(C)(C)C.I. The molecule has 0 unspecified atom stereocenters. The van der Waals surface area contributed by atoms with E-state index >= 15 is 0 Å². The first-order chi connectivity index (χ1) is 12.4. The van der Waals surface area contributed by atoms with Crippen LogP contribution in [-0.2, 0) is 12.7 Å². The van der Waals surface area contributed by atoms with Crippen LogP contribution in [0.5, 0.6) is 0 Å². The summed E-state index contributed by atoms with van der Waals surface area (Å²) in [5.74, 6) is 0.443. The zero-order valence-corrected chi connectivity index (χ0v) is 19.2. The molecule has 0 aliphatic rings. The summed E-state index contributed by atoms with van der Waals surface area (Å²) >= 11 is 0. The molecule has 5 nitrogen and oxygen atoms in total. The van der Waals surface area contributed by atoms with Gasteiger partial charge in [-0.25, -0.2) is 4.68 Å². The minimum atomic E-state index is -4.47. The van der Waals surface area contributed by atoms with Gasteiger partial charge in [-0.05, 0) is 58.4 Å². The summed E-state index contributed by atoms with van der Waals surface area (Å²) in [4.78, 5) is 4.06. The molecule has 0 saturated heterocycles. The van der Waals surface area contributed by atoms with Crippen molar-refractivity contribution in [1.82, 2.24) is 20.4 Å². The molecule has 1 aromatic carbocycles. The number of hydrogen-bond acceptors (Lipinski definition) is 2. The molecular weight excluding hydrogens is 482 g/mol. The maximum atomic E-state index is 13.6. The van der Waals surface area contributed by atoms with Crippen LogP contribution in [0.15, 0.2) is 29.3 Å². The van der Waals surface area contributed by atoms with Gasteiger partial charge in [-0.3, -0.25) is 4.99 Å². The van der Waals surface area contributed by atoms with E-state index in [1.807, 2.05) is 33.8 Å². The molecule has 2 rings (SSSR count). The van der Waals surface area contributed by atoms with Crippen LogP contribution in [-0.4, -0.2) is 28.3 Å². The zero-order chi connectivity index (χ0) is 20.4. The number of rotatable bonds is 3. The first-order valence-corrected chi connectivity index (χ1v) is 8.63. The third-order valence-electron chi connectivity index (χ3n) is 3.82. The normalized spacial score (nSPS) is 12.5. The van der Waals surface area contributed by atoms with Crippen LogP contribution in [0.2, 0.25) is 0 Å². The Labute approximate surface area is 180 Å². The van der Waals surface area contributed by atoms with Gasteiger partial charge in [0, 0.05) is 24.8 Å². The van der Waals surface area contributed by atoms with Gasteiger partial charge in [0.1, 0.15) is 0 Å². The Kier molecular flexibility index (Phi) is 7.92. The van der Waals surface area contributed by atoms with Crippen LogP contribution >= 0.6 is 24.0 Å². The van der Waals surface area contributed by atoms with Crippen molar-refractivity contribution in [2.24, 2.45) is 4.99 Å². The van der Waals surface area contributed by atoms with E-state index in [4.69, 9.17) is 0 Å². The van der Waals surface area contributed by atoms with Gasteiger partial charge < -0.3 is 10.6 Å². The highest BCUT2D eigenvalue weighted by Gasteiger charge is 2.34. The highest BCUT2D eigenvalue weighted by molar-refractivity contribution is 14.0. The fourth-order valence-electron chi connectivity index (χ4n) is 2.72. The summed E-state index contributed by atoms with van der Waals surface area (Å²) in [5.41, 5.74) is 1.11. The lowest BCUT2D eigenvalue weighted by Gasteiger charge is -2.24. The average molecular weight is 509 g/mol. The number of nitrogens with zero attached hydrogens (tertiary/aromatic N) is 3. The number of guanidine groups is 1. The molecule has 1 aromatic heterocycles. The molecule has 0 saturated carbocycles. The van der Waals surface area contributed by atoms with Gasteiger partial charge in [0.05, 0.1) is 16.9 Å². The summed E-state index contributed by atoms with van der Waals surface area (Å²) in [7, 11) is 1.58. The first kappa shape index (κ1) is 24.3. The smallest absolute Gasteiger partial charge is 0.352 e. The Balaban J connectivity index is 0.00000392. The molecule has 0 aliphatic heterocycles. The van der Waals surface area contributed by atoms with Crippen molar-refractivity contribution in [1.29, 1.82) is 0 Å². The van der Waals surface area contributed by atoms with Crippen molar-refractivity contribution in [2.45, 2.75) is 52.9 Å². The van der Waals surface area contributed by atoms with E-state index in [-0.39, 0.29) is 41.6 Å². The third kappa shape index (κ3) is 6.39. The molecule has 2 N–H and O–H groups in total. The molecule has 0 spiro atoms. The lowest BCUT2D eigenvalue weighted by atomic mass is 10.1. The van der Waals surface area contributed by atoms with Crippen molar-refractivity contribution in [3.05, 3.63) is 46.8 Å². The highest BCUT2D eigenvalue weighted by Crippen LogP contribution is 2.33. The number of benzene rings is 1. The van der Waals surface area contributed by atoms with Gasteiger partial charge in [0.15, 0.2) is 5.96 Å². The third-order valence-corrected chi connectivity index (χ3v) is 3.82. The average Bonchev–Trinajstić information content (AvgIpc) is 2.88. The molecule has 28 heavy (non-hydrogen) atoms. The van der Waals surface area contributed by atoms with Crippen molar-refractivity contribution >= 4 is 29.9 Å². The van der Waals surface area contributed by atoms with Crippen molar-refractivity contribution < 1.29 is 13.2 Å². The summed E-state index contributed by atoms with van der Waals surface area (Å²) in [5, 5.41) is 10.3. The second kappa shape index (κ2) is 9.15. The van der Waals surface area contributed by atoms with Gasteiger partial charge in [-0.1, -0.05) is 6.07 Å². The monoisotopic (exact) mass is 509 g/mol. The van der Waals surface area contributed by atoms with Crippen LogP contribution in [0.4, 0.5) is 13.2 Å². The minimum Gasteiger partial charge on any atom is -0.352 e. The van der Waals surface area contributed by atoms with Gasteiger partial charge >= 0.3 is 6.18 Å². The Morgan fingerprint density at radius 2 is 1.79 bits per heavy atom. The van der Waals surface area contributed by atoms with Crippen molar-refractivity contribution in [3.63, 3.8) is 0 Å². The number of alkyl halides is 3. The molecule has 0 radical (unpaired) electrons. The van der Waals surface area contributed by atoms with E-state index in [1.54, 1.807) is 20.0 Å². The Hall–Kier alpha value is -1.78. The molecule has 0 fully saturated rings. The number of aryl methyl sites for hydroxylation is 2. The Morgan fingerprint density at radius 3 is 2.25 bits per heavy atom. The molecule has 0 bridgehead atoms. The predicted octanol–water partition coefficient (Wildman–Crippen LogP) is 4.59. The quantitative estimate of drug-likeness (QED) is 0.362. The molecule has 156 valence electrons. The number of aromatic nitrogens is 2. The van der Waals surface area contributed by atoms with Crippen molar-refractivity contribution in [3.8, 4) is 5.69 Å². The largest absolute Gasteiger partial charge is 0.416 e. The molecule has 9 heteroatoms. The number of halogens is 4. The molecular formula is C19H27F3IN5. The molecule has 0 amide bonds. The van der Waals surface area contributed by atoms with Gasteiger partial charge in [-0.2, -0.15) is 18.3 Å². The molecule has 2 aromatic rings. The first-order valence-electron chi connectivity index (χ1n) is 8.63. The van der Waals surface area contributed by atoms with Crippen molar-refractivity contribution in [2.75, 3.05) is 7.05 Å². The lowest BCUT2D eigenvalue weighted by molar-refractivity contribution is -0.138. The number of aliphatic imine (C=N–C) groups is 1. The van der Waals surface area contributed by atoms with Gasteiger partial charge in [-0.15, -0.1) is 24.0 Å². The molecule has 1 heterocycles. The fraction of sp³-hybridized carbons (Fsp3) is 0.474. The Morgan fingerprint density at radius 1 is 1.14 bits per heavy atom. The maximum absolute atomic E-state index is 13.6. The van der Waals surface area contributed by atoms with Crippen LogP contribution in [0.3, 0.4) is 0 Å². The van der Waals surface area contributed by atoms with Crippen LogP contribution in [0.1, 0.15) is 43.3 Å². The highest BCUT2D eigenvalue weighted by atomic mass is 127. The minimum absolute atomic E-state index is 0. The zero-order valence-electron chi connectivity index (χ0n) is 16.9. The molecule has 0 atom stereocenters. The van der Waals surface area contributed by atoms with Crippen LogP contribution in [0.25, 0.3) is 5.69 Å². The second-order valence-corrected chi connectivity index (χ2v) is 7.48. The van der Waals surface area contributed by atoms with Gasteiger partial charge in [0.25, 0.3) is 0 Å². The summed E-state index contributed by atoms with van der Waals surface area (Å²) in [6.45, 7) is 9.46.